The van der Waals surface area contributed by atoms with Crippen molar-refractivity contribution in [2.75, 3.05) is 7.11 Å². The molecule has 188 valence electrons. The van der Waals surface area contributed by atoms with E-state index in [0.717, 1.165) is 0 Å². The Morgan fingerprint density at radius 2 is 1.63 bits per heavy atom. The van der Waals surface area contributed by atoms with Gasteiger partial charge >= 0.3 is 6.18 Å². The van der Waals surface area contributed by atoms with Crippen molar-refractivity contribution in [2.24, 2.45) is 28.1 Å². The highest BCUT2D eigenvalue weighted by molar-refractivity contribution is 6.24. The third-order valence-electron chi connectivity index (χ3n) is 5.09. The predicted octanol–water partition coefficient (Wildman–Crippen LogP) is 2.72. The van der Waals surface area contributed by atoms with Crippen molar-refractivity contribution >= 4 is 23.3 Å². The molecule has 0 bridgehead atoms. The molecule has 0 saturated carbocycles. The van der Waals surface area contributed by atoms with Gasteiger partial charge in [0.1, 0.15) is 23.2 Å². The Morgan fingerprint density at radius 3 is 2.14 bits per heavy atom. The summed E-state index contributed by atoms with van der Waals surface area (Å²) >= 11 is 0. The molecule has 0 aliphatic heterocycles. The lowest BCUT2D eigenvalue weighted by atomic mass is 10.0. The third-order valence-corrected chi connectivity index (χ3v) is 5.09. The summed E-state index contributed by atoms with van der Waals surface area (Å²) < 4.78 is 45.0. The second kappa shape index (κ2) is 11.4. The van der Waals surface area contributed by atoms with Crippen molar-refractivity contribution in [1.82, 2.24) is 5.32 Å². The van der Waals surface area contributed by atoms with E-state index in [-0.39, 0.29) is 18.1 Å². The number of ether oxygens (including phenoxy) is 1. The Labute approximate surface area is 201 Å². The maximum Gasteiger partial charge on any atom is 0.411 e. The van der Waals surface area contributed by atoms with Crippen LogP contribution in [0.15, 0.2) is 59.1 Å². The number of nitrogens with one attached hydrogen (secondary N) is 1. The van der Waals surface area contributed by atoms with Gasteiger partial charge in [-0.05, 0) is 29.2 Å². The zero-order chi connectivity index (χ0) is 26.3. The number of nitrogens with zero attached hydrogens (tertiary/aromatic N) is 1. The fourth-order valence-electron chi connectivity index (χ4n) is 3.27. The summed E-state index contributed by atoms with van der Waals surface area (Å²) in [6.45, 7) is 2.84. The summed E-state index contributed by atoms with van der Waals surface area (Å²) in [5.74, 6) is -2.63. The summed E-state index contributed by atoms with van der Waals surface area (Å²) in [4.78, 5) is 27.9. The van der Waals surface area contributed by atoms with Crippen molar-refractivity contribution in [3.05, 3.63) is 70.8 Å². The van der Waals surface area contributed by atoms with Crippen molar-refractivity contribution in [3.8, 4) is 5.75 Å². The van der Waals surface area contributed by atoms with Crippen LogP contribution in [0.2, 0.25) is 0 Å². The molecule has 0 saturated heterocycles. The van der Waals surface area contributed by atoms with E-state index in [2.05, 4.69) is 10.3 Å². The molecule has 1 atom stereocenters. The van der Waals surface area contributed by atoms with E-state index in [0.29, 0.717) is 22.4 Å². The number of aliphatic imine (C=N–C) groups is 1. The normalized spacial score (nSPS) is 13.7. The van der Waals surface area contributed by atoms with Crippen LogP contribution in [0.1, 0.15) is 35.3 Å². The highest BCUT2D eigenvalue weighted by Gasteiger charge is 2.42. The number of rotatable bonds is 9. The average Bonchev–Trinajstić information content (AvgIpc) is 2.80. The maximum absolute atomic E-state index is 13.3. The number of methoxy groups -OCH3 is 1. The monoisotopic (exact) mass is 491 g/mol. The number of amidine groups is 1. The van der Waals surface area contributed by atoms with Gasteiger partial charge in [-0.25, -0.2) is 0 Å². The highest BCUT2D eigenvalue weighted by atomic mass is 19.4. The van der Waals surface area contributed by atoms with E-state index in [9.17, 15) is 22.8 Å². The molecule has 2 aromatic carbocycles. The Kier molecular flexibility index (Phi) is 8.87. The number of nitrogens with two attached hydrogens (primary N) is 3. The summed E-state index contributed by atoms with van der Waals surface area (Å²) in [5.41, 5.74) is 17.8. The van der Waals surface area contributed by atoms with Gasteiger partial charge in [-0.15, -0.1) is 0 Å². The van der Waals surface area contributed by atoms with Crippen LogP contribution in [0.25, 0.3) is 5.70 Å². The van der Waals surface area contributed by atoms with Crippen molar-refractivity contribution in [3.63, 3.8) is 0 Å². The number of alkyl halides is 3. The van der Waals surface area contributed by atoms with Gasteiger partial charge in [-0.1, -0.05) is 50.2 Å². The first-order valence-corrected chi connectivity index (χ1v) is 10.6. The molecular formula is C24H28F3N5O3. The molecule has 0 spiro atoms. The third kappa shape index (κ3) is 6.98. The van der Waals surface area contributed by atoms with Crippen LogP contribution in [0.4, 0.5) is 13.2 Å². The van der Waals surface area contributed by atoms with E-state index in [4.69, 9.17) is 21.9 Å². The average molecular weight is 492 g/mol. The Hall–Kier alpha value is -4.02. The van der Waals surface area contributed by atoms with Crippen LogP contribution in [0.5, 0.6) is 5.75 Å². The van der Waals surface area contributed by atoms with Gasteiger partial charge in [0, 0.05) is 6.54 Å². The minimum atomic E-state index is -4.66. The predicted molar refractivity (Wildman–Crippen MR) is 127 cm³/mol. The van der Waals surface area contributed by atoms with E-state index in [1.165, 1.54) is 33.1 Å². The fraction of sp³-hybridized carbons (Fsp3) is 0.292. The molecule has 0 radical (unpaired) electrons. The Morgan fingerprint density at radius 1 is 1.03 bits per heavy atom. The summed E-state index contributed by atoms with van der Waals surface area (Å²) in [6.07, 6.45) is -4.66. The molecule has 0 fully saturated rings. The summed E-state index contributed by atoms with van der Waals surface area (Å²) in [7, 11) is 1.46. The van der Waals surface area contributed by atoms with Gasteiger partial charge < -0.3 is 27.3 Å². The number of carbonyl (C=O) groups is 2. The van der Waals surface area contributed by atoms with Gasteiger partial charge in [-0.2, -0.15) is 13.2 Å². The molecule has 8 nitrogen and oxygen atoms in total. The van der Waals surface area contributed by atoms with Crippen molar-refractivity contribution < 1.29 is 27.5 Å². The molecule has 0 aliphatic rings. The number of hydrogen-bond acceptors (Lipinski definition) is 5. The van der Waals surface area contributed by atoms with Gasteiger partial charge in [0.25, 0.3) is 11.8 Å². The summed E-state index contributed by atoms with van der Waals surface area (Å²) in [5, 5.41) is 2.76. The minimum absolute atomic E-state index is 0.175. The quantitative estimate of drug-likeness (QED) is 0.242. The molecule has 11 heteroatoms. The Bertz CT molecular complexity index is 1130. The second-order valence-electron chi connectivity index (χ2n) is 7.98. The van der Waals surface area contributed by atoms with Gasteiger partial charge in [-0.3, -0.25) is 14.6 Å². The number of benzene rings is 2. The van der Waals surface area contributed by atoms with Crippen LogP contribution in [-0.2, 0) is 11.3 Å². The Balaban J connectivity index is 2.26. The van der Waals surface area contributed by atoms with Crippen LogP contribution < -0.4 is 27.3 Å². The van der Waals surface area contributed by atoms with Crippen molar-refractivity contribution in [2.45, 2.75) is 32.6 Å². The van der Waals surface area contributed by atoms with E-state index in [1.807, 2.05) is 0 Å². The number of primary amides is 1. The van der Waals surface area contributed by atoms with Crippen molar-refractivity contribution in [1.29, 1.82) is 0 Å². The standard InChI is InChI=1S/C24H28F3N5O3/c1-13(2)20(24(25,26)27)32-21(29)18(22(30)33)19(28)15-10-8-14(9-11-15)12-31-23(34)16-6-4-5-7-17(16)35-3/h4-11,13,20H,12,28H2,1-3H3,(H2,29,32)(H2,30,33)(H,31,34). The second-order valence-corrected chi connectivity index (χ2v) is 7.98. The molecule has 35 heavy (non-hydrogen) atoms. The molecule has 1 unspecified atom stereocenters. The maximum atomic E-state index is 13.3. The fourth-order valence-corrected chi connectivity index (χ4v) is 3.27. The van der Waals surface area contributed by atoms with E-state index >= 15 is 0 Å². The topological polar surface area (TPSA) is 146 Å². The molecule has 7 N–H and O–H groups in total. The molecule has 2 aromatic rings. The van der Waals surface area contributed by atoms with Gasteiger partial charge in [0.15, 0.2) is 0 Å². The molecule has 2 amide bonds. The van der Waals surface area contributed by atoms with Crippen LogP contribution >= 0.6 is 0 Å². The lowest BCUT2D eigenvalue weighted by molar-refractivity contribution is -0.155. The van der Waals surface area contributed by atoms with Gasteiger partial charge in [0.2, 0.25) is 0 Å². The van der Waals surface area contributed by atoms with Crippen LogP contribution in [-0.4, -0.2) is 37.0 Å². The molecule has 0 aliphatic carbocycles. The van der Waals surface area contributed by atoms with E-state index in [1.54, 1.807) is 36.4 Å². The number of halogens is 3. The SMILES string of the molecule is COc1ccccc1C(=O)NCc1ccc(C(N)=C(C(N)=O)C(N)=NC(C(C)C)C(F)(F)F)cc1. The molecule has 0 heterocycles. The first kappa shape index (κ1) is 27.2. The molecule has 2 rings (SSSR count). The number of para-hydroxylation sites is 1. The van der Waals surface area contributed by atoms with Crippen LogP contribution in [0, 0.1) is 5.92 Å². The zero-order valence-electron chi connectivity index (χ0n) is 19.5. The molecular weight excluding hydrogens is 463 g/mol. The lowest BCUT2D eigenvalue weighted by Crippen LogP contribution is -2.37. The number of hydrogen-bond donors (Lipinski definition) is 4. The number of carbonyl (C=O) groups excluding carboxylic acids is 2. The first-order valence-electron chi connectivity index (χ1n) is 10.6. The largest absolute Gasteiger partial charge is 0.496 e. The minimum Gasteiger partial charge on any atom is -0.496 e. The van der Waals surface area contributed by atoms with Gasteiger partial charge in [0.05, 0.1) is 18.4 Å². The first-order chi connectivity index (χ1) is 16.4. The van der Waals surface area contributed by atoms with Crippen LogP contribution in [0.3, 0.4) is 0 Å². The van der Waals surface area contributed by atoms with E-state index < -0.39 is 35.5 Å². The smallest absolute Gasteiger partial charge is 0.411 e. The number of amides is 2. The molecule has 0 aromatic heterocycles. The lowest BCUT2D eigenvalue weighted by Gasteiger charge is -2.21. The summed E-state index contributed by atoms with van der Waals surface area (Å²) in [6, 6.07) is 10.9. The highest BCUT2D eigenvalue weighted by Crippen LogP contribution is 2.29. The zero-order valence-corrected chi connectivity index (χ0v) is 19.5.